The van der Waals surface area contributed by atoms with Gasteiger partial charge in [0.25, 0.3) is 0 Å². The molecule has 0 heterocycles. The van der Waals surface area contributed by atoms with Crippen LogP contribution in [0, 0.1) is 0 Å². The summed E-state index contributed by atoms with van der Waals surface area (Å²) in [5.74, 6) is 0. The van der Waals surface area contributed by atoms with Crippen LogP contribution in [0.3, 0.4) is 0 Å². The Hall–Kier alpha value is -0.525. The topological polar surface area (TPSA) is 26.3 Å². The molecule has 2 aromatic rings. The minimum absolute atomic E-state index is 0.0677. The van der Waals surface area contributed by atoms with E-state index in [-0.39, 0.29) is 4.05 Å². The Bertz CT molecular complexity index is 547. The highest BCUT2D eigenvalue weighted by Crippen LogP contribution is 2.32. The Morgan fingerprint density at radius 2 is 1.94 bits per heavy atom. The maximum atomic E-state index is 11.0. The lowest BCUT2D eigenvalue weighted by molar-refractivity contribution is 0.112. The number of rotatable bonds is 4. The standard InChI is InChI=1S/C12H10BIO2S/c1-16-13(14)17-12-7-6-9(8-15)10-4-2-3-5-11(10)12/h2-8H,1H3. The number of hydrogen-bond acceptors (Lipinski definition) is 3. The smallest absolute Gasteiger partial charge is 0.420 e. The van der Waals surface area contributed by atoms with Gasteiger partial charge in [-0.25, -0.2) is 0 Å². The minimum Gasteiger partial charge on any atom is -0.420 e. The first kappa shape index (κ1) is 12.9. The molecule has 0 saturated carbocycles. The summed E-state index contributed by atoms with van der Waals surface area (Å²) in [5, 5.41) is 2.09. The van der Waals surface area contributed by atoms with Crippen molar-refractivity contribution in [2.24, 2.45) is 0 Å². The molecule has 0 amide bonds. The summed E-state index contributed by atoms with van der Waals surface area (Å²) >= 11 is 3.87. The highest BCUT2D eigenvalue weighted by atomic mass is 127. The summed E-state index contributed by atoms with van der Waals surface area (Å²) in [4.78, 5) is 12.1. The Kier molecular flexibility index (Phi) is 4.47. The van der Waals surface area contributed by atoms with E-state index in [9.17, 15) is 4.79 Å². The molecule has 0 radical (unpaired) electrons. The van der Waals surface area contributed by atoms with Crippen LogP contribution in [0.5, 0.6) is 0 Å². The summed E-state index contributed by atoms with van der Waals surface area (Å²) < 4.78 is 5.31. The fourth-order valence-electron chi connectivity index (χ4n) is 1.65. The monoisotopic (exact) mass is 356 g/mol. The fraction of sp³-hybridized carbons (Fsp3) is 0.0833. The van der Waals surface area contributed by atoms with Crippen molar-refractivity contribution in [1.82, 2.24) is 0 Å². The largest absolute Gasteiger partial charge is 0.439 e. The van der Waals surface area contributed by atoms with Crippen LogP contribution in [0.4, 0.5) is 0 Å². The average Bonchev–Trinajstić information content (AvgIpc) is 2.39. The lowest BCUT2D eigenvalue weighted by atomic mass is 10.1. The van der Waals surface area contributed by atoms with Gasteiger partial charge in [0.2, 0.25) is 0 Å². The first-order valence-electron chi connectivity index (χ1n) is 5.06. The van der Waals surface area contributed by atoms with Gasteiger partial charge in [-0.3, -0.25) is 4.79 Å². The van der Waals surface area contributed by atoms with Crippen molar-refractivity contribution < 1.29 is 9.45 Å². The molecule has 2 aromatic carbocycles. The molecule has 86 valence electrons. The van der Waals surface area contributed by atoms with E-state index in [0.717, 1.165) is 27.5 Å². The summed E-state index contributed by atoms with van der Waals surface area (Å²) in [6.07, 6.45) is 0.897. The summed E-state index contributed by atoms with van der Waals surface area (Å²) in [6.45, 7) is 0. The Morgan fingerprint density at radius 3 is 2.59 bits per heavy atom. The van der Waals surface area contributed by atoms with Crippen LogP contribution in [0.15, 0.2) is 41.3 Å². The SMILES string of the molecule is COB(I)Sc1ccc(C=O)c2ccccc12. The molecule has 2 rings (SSSR count). The average molecular weight is 356 g/mol. The van der Waals surface area contributed by atoms with E-state index in [2.05, 4.69) is 22.4 Å². The van der Waals surface area contributed by atoms with Gasteiger partial charge in [-0.1, -0.05) is 46.6 Å². The molecule has 17 heavy (non-hydrogen) atoms. The third-order valence-corrected chi connectivity index (χ3v) is 4.71. The van der Waals surface area contributed by atoms with Gasteiger partial charge in [-0.05, 0) is 22.9 Å². The maximum Gasteiger partial charge on any atom is 0.439 e. The van der Waals surface area contributed by atoms with Gasteiger partial charge in [-0.2, -0.15) is 0 Å². The van der Waals surface area contributed by atoms with Crippen molar-refractivity contribution in [3.05, 3.63) is 42.0 Å². The molecule has 0 aliphatic rings. The highest BCUT2D eigenvalue weighted by molar-refractivity contribution is 14.1. The molecule has 0 N–H and O–H groups in total. The van der Waals surface area contributed by atoms with E-state index in [1.807, 2.05) is 36.4 Å². The lowest BCUT2D eigenvalue weighted by Gasteiger charge is -2.09. The van der Waals surface area contributed by atoms with Crippen LogP contribution in [0.1, 0.15) is 10.4 Å². The zero-order chi connectivity index (χ0) is 12.3. The van der Waals surface area contributed by atoms with Crippen molar-refractivity contribution >= 4 is 55.1 Å². The van der Waals surface area contributed by atoms with Gasteiger partial charge < -0.3 is 4.65 Å². The lowest BCUT2D eigenvalue weighted by Crippen LogP contribution is -2.00. The zero-order valence-corrected chi connectivity index (χ0v) is 12.2. The Morgan fingerprint density at radius 1 is 1.24 bits per heavy atom. The van der Waals surface area contributed by atoms with Gasteiger partial charge in [0.15, 0.2) is 6.29 Å². The number of carbonyl (C=O) groups is 1. The Balaban J connectivity index is 2.54. The van der Waals surface area contributed by atoms with Gasteiger partial charge in [0, 0.05) is 17.6 Å². The second kappa shape index (κ2) is 5.88. The number of carbonyl (C=O) groups excluding carboxylic acids is 1. The summed E-state index contributed by atoms with van der Waals surface area (Å²) in [6, 6.07) is 11.8. The van der Waals surface area contributed by atoms with Gasteiger partial charge in [0.1, 0.15) is 0 Å². The van der Waals surface area contributed by atoms with Crippen LogP contribution >= 0.6 is 34.0 Å². The second-order valence-electron chi connectivity index (χ2n) is 3.44. The normalized spacial score (nSPS) is 10.5. The molecule has 0 unspecified atom stereocenters. The van der Waals surface area contributed by atoms with Gasteiger partial charge >= 0.3 is 4.05 Å². The zero-order valence-electron chi connectivity index (χ0n) is 9.22. The predicted octanol–water partition coefficient (Wildman–Crippen LogP) is 3.81. The highest BCUT2D eigenvalue weighted by Gasteiger charge is 2.14. The second-order valence-corrected chi connectivity index (χ2v) is 6.52. The number of benzene rings is 2. The molecule has 0 aliphatic heterocycles. The van der Waals surface area contributed by atoms with Crippen LogP contribution in [0.25, 0.3) is 10.8 Å². The molecule has 0 saturated heterocycles. The third-order valence-electron chi connectivity index (χ3n) is 2.45. The third kappa shape index (κ3) is 2.84. The van der Waals surface area contributed by atoms with E-state index < -0.39 is 0 Å². The van der Waals surface area contributed by atoms with Crippen molar-refractivity contribution in [3.8, 4) is 0 Å². The van der Waals surface area contributed by atoms with E-state index in [4.69, 9.17) is 4.65 Å². The molecule has 0 bridgehead atoms. The minimum atomic E-state index is 0.0677. The quantitative estimate of drug-likeness (QED) is 0.474. The number of hydrogen-bond donors (Lipinski definition) is 0. The number of aldehydes is 1. The van der Waals surface area contributed by atoms with Crippen molar-refractivity contribution in [2.45, 2.75) is 4.90 Å². The van der Waals surface area contributed by atoms with Crippen LogP contribution in [0.2, 0.25) is 0 Å². The van der Waals surface area contributed by atoms with E-state index >= 15 is 0 Å². The van der Waals surface area contributed by atoms with Crippen molar-refractivity contribution in [2.75, 3.05) is 7.11 Å². The van der Waals surface area contributed by atoms with E-state index in [0.29, 0.717) is 0 Å². The van der Waals surface area contributed by atoms with Gasteiger partial charge in [-0.15, -0.1) is 11.6 Å². The molecule has 0 aromatic heterocycles. The molecule has 0 fully saturated rings. The number of halogens is 1. The molecule has 5 heteroatoms. The van der Waals surface area contributed by atoms with Crippen LogP contribution < -0.4 is 0 Å². The van der Waals surface area contributed by atoms with E-state index in [1.165, 1.54) is 0 Å². The molecule has 0 spiro atoms. The van der Waals surface area contributed by atoms with Crippen molar-refractivity contribution in [3.63, 3.8) is 0 Å². The molecular weight excluding hydrogens is 346 g/mol. The maximum absolute atomic E-state index is 11.0. The van der Waals surface area contributed by atoms with Crippen molar-refractivity contribution in [1.29, 1.82) is 0 Å². The molecule has 0 aliphatic carbocycles. The predicted molar refractivity (Wildman–Crippen MR) is 82.0 cm³/mol. The molecule has 2 nitrogen and oxygen atoms in total. The first-order chi connectivity index (χ1) is 8.26. The summed E-state index contributed by atoms with van der Waals surface area (Å²) in [7, 11) is 1.69. The fourth-order valence-corrected chi connectivity index (χ4v) is 3.22. The van der Waals surface area contributed by atoms with Crippen LogP contribution in [-0.2, 0) is 4.65 Å². The summed E-state index contributed by atoms with van der Waals surface area (Å²) in [5.41, 5.74) is 0.729. The van der Waals surface area contributed by atoms with E-state index in [1.54, 1.807) is 18.7 Å². The Labute approximate surface area is 118 Å². The molecule has 0 atom stereocenters. The first-order valence-corrected chi connectivity index (χ1v) is 7.19. The van der Waals surface area contributed by atoms with Crippen LogP contribution in [-0.4, -0.2) is 17.4 Å². The molecular formula is C12H10BIO2S. The number of fused-ring (bicyclic) bond motifs is 1. The van der Waals surface area contributed by atoms with Gasteiger partial charge in [0.05, 0.1) is 0 Å².